The molecule has 0 fully saturated rings. The number of benzene rings is 1. The molecule has 2 heterocycles. The molecule has 1 aromatic heterocycles. The number of ether oxygens (including phenoxy) is 2. The summed E-state index contributed by atoms with van der Waals surface area (Å²) in [5, 5.41) is 7.17. The molecule has 1 aliphatic heterocycles. The molecule has 0 radical (unpaired) electrons. The number of rotatable bonds is 5. The van der Waals surface area contributed by atoms with Gasteiger partial charge in [-0.15, -0.1) is 0 Å². The van der Waals surface area contributed by atoms with Crippen LogP contribution in [0.3, 0.4) is 0 Å². The van der Waals surface area contributed by atoms with Gasteiger partial charge in [0.05, 0.1) is 5.69 Å². The van der Waals surface area contributed by atoms with Gasteiger partial charge in [-0.25, -0.2) is 0 Å². The lowest BCUT2D eigenvalue weighted by atomic mass is 10.1. The number of carbonyl (C=O) groups excluding carboxylic acids is 1. The zero-order chi connectivity index (χ0) is 15.5. The zero-order valence-corrected chi connectivity index (χ0v) is 12.8. The highest BCUT2D eigenvalue weighted by molar-refractivity contribution is 5.93. The molecule has 22 heavy (non-hydrogen) atoms. The van der Waals surface area contributed by atoms with E-state index < -0.39 is 0 Å². The van der Waals surface area contributed by atoms with Crippen molar-refractivity contribution in [2.75, 3.05) is 13.3 Å². The summed E-state index contributed by atoms with van der Waals surface area (Å²) in [5.74, 6) is 1.31. The Bertz CT molecular complexity index is 694. The number of hydrogen-bond acceptors (Lipinski definition) is 4. The van der Waals surface area contributed by atoms with Crippen molar-refractivity contribution >= 4 is 5.91 Å². The standard InChI is InChI=1S/C16H19N3O3/c1-3-4-7-17-16(20)12-9-13(19(2)18-12)11-5-6-14-15(8-11)22-10-21-14/h5-6,8-9H,3-4,7,10H2,1-2H3,(H,17,20). The fourth-order valence-corrected chi connectivity index (χ4v) is 2.37. The predicted octanol–water partition coefficient (Wildman–Crippen LogP) is 2.35. The van der Waals surface area contributed by atoms with Crippen LogP contribution in [-0.4, -0.2) is 29.0 Å². The molecule has 0 bridgehead atoms. The molecule has 6 nitrogen and oxygen atoms in total. The van der Waals surface area contributed by atoms with Crippen LogP contribution in [-0.2, 0) is 7.05 Å². The Morgan fingerprint density at radius 1 is 1.32 bits per heavy atom. The van der Waals surface area contributed by atoms with Crippen LogP contribution in [0.2, 0.25) is 0 Å². The first-order valence-electron chi connectivity index (χ1n) is 7.41. The molecule has 2 aromatic rings. The van der Waals surface area contributed by atoms with E-state index in [9.17, 15) is 4.79 Å². The molecular weight excluding hydrogens is 282 g/mol. The van der Waals surface area contributed by atoms with Gasteiger partial charge in [0.15, 0.2) is 17.2 Å². The minimum atomic E-state index is -0.143. The Morgan fingerprint density at radius 2 is 2.14 bits per heavy atom. The van der Waals surface area contributed by atoms with E-state index in [-0.39, 0.29) is 12.7 Å². The van der Waals surface area contributed by atoms with Crippen LogP contribution in [0.5, 0.6) is 11.5 Å². The van der Waals surface area contributed by atoms with Crippen molar-refractivity contribution in [2.45, 2.75) is 19.8 Å². The molecule has 0 spiro atoms. The van der Waals surface area contributed by atoms with E-state index in [0.717, 1.165) is 29.8 Å². The second-order valence-electron chi connectivity index (χ2n) is 5.22. The van der Waals surface area contributed by atoms with Gasteiger partial charge < -0.3 is 14.8 Å². The van der Waals surface area contributed by atoms with Gasteiger partial charge in [-0.3, -0.25) is 9.48 Å². The number of carbonyl (C=O) groups is 1. The van der Waals surface area contributed by atoms with Crippen LogP contribution in [0, 0.1) is 0 Å². The van der Waals surface area contributed by atoms with E-state index in [1.165, 1.54) is 0 Å². The quantitative estimate of drug-likeness (QED) is 0.861. The topological polar surface area (TPSA) is 65.4 Å². The molecule has 1 aromatic carbocycles. The fourth-order valence-electron chi connectivity index (χ4n) is 2.37. The van der Waals surface area contributed by atoms with E-state index in [0.29, 0.717) is 18.0 Å². The first kappa shape index (κ1) is 14.4. The Hall–Kier alpha value is -2.50. The highest BCUT2D eigenvalue weighted by Gasteiger charge is 2.17. The summed E-state index contributed by atoms with van der Waals surface area (Å²) in [6.45, 7) is 3.01. The number of fused-ring (bicyclic) bond motifs is 1. The number of nitrogens with zero attached hydrogens (tertiary/aromatic N) is 2. The summed E-state index contributed by atoms with van der Waals surface area (Å²) in [6, 6.07) is 7.49. The van der Waals surface area contributed by atoms with Crippen molar-refractivity contribution < 1.29 is 14.3 Å². The Balaban J connectivity index is 1.81. The molecule has 6 heteroatoms. The van der Waals surface area contributed by atoms with E-state index in [1.54, 1.807) is 10.7 Å². The predicted molar refractivity (Wildman–Crippen MR) is 82.0 cm³/mol. The average Bonchev–Trinajstić information content (AvgIpc) is 3.12. The molecule has 1 N–H and O–H groups in total. The largest absolute Gasteiger partial charge is 0.454 e. The smallest absolute Gasteiger partial charge is 0.271 e. The summed E-state index contributed by atoms with van der Waals surface area (Å²) in [6.07, 6.45) is 2.01. The SMILES string of the molecule is CCCCNC(=O)c1cc(-c2ccc3c(c2)OCO3)n(C)n1. The molecule has 0 aliphatic carbocycles. The average molecular weight is 301 g/mol. The lowest BCUT2D eigenvalue weighted by Gasteiger charge is -2.03. The molecule has 0 saturated carbocycles. The van der Waals surface area contributed by atoms with Gasteiger partial charge in [0.1, 0.15) is 0 Å². The number of aromatic nitrogens is 2. The lowest BCUT2D eigenvalue weighted by molar-refractivity contribution is 0.0947. The van der Waals surface area contributed by atoms with Crippen LogP contribution in [0.4, 0.5) is 0 Å². The summed E-state index contributed by atoms with van der Waals surface area (Å²) in [5.41, 5.74) is 2.22. The lowest BCUT2D eigenvalue weighted by Crippen LogP contribution is -2.24. The molecule has 1 amide bonds. The van der Waals surface area contributed by atoms with E-state index in [1.807, 2.05) is 25.2 Å². The van der Waals surface area contributed by atoms with Gasteiger partial charge in [-0.1, -0.05) is 13.3 Å². The number of unbranched alkanes of at least 4 members (excludes halogenated alkanes) is 1. The van der Waals surface area contributed by atoms with Gasteiger partial charge in [0, 0.05) is 19.2 Å². The third-order valence-corrected chi connectivity index (χ3v) is 3.60. The van der Waals surface area contributed by atoms with Crippen LogP contribution in [0.1, 0.15) is 30.3 Å². The van der Waals surface area contributed by atoms with Gasteiger partial charge in [-0.2, -0.15) is 5.10 Å². The monoisotopic (exact) mass is 301 g/mol. The van der Waals surface area contributed by atoms with Crippen molar-refractivity contribution in [3.05, 3.63) is 30.0 Å². The second-order valence-corrected chi connectivity index (χ2v) is 5.22. The van der Waals surface area contributed by atoms with E-state index in [4.69, 9.17) is 9.47 Å². The summed E-state index contributed by atoms with van der Waals surface area (Å²) < 4.78 is 12.4. The first-order valence-corrected chi connectivity index (χ1v) is 7.41. The van der Waals surface area contributed by atoms with E-state index in [2.05, 4.69) is 17.3 Å². The van der Waals surface area contributed by atoms with Crippen molar-refractivity contribution in [3.63, 3.8) is 0 Å². The fraction of sp³-hybridized carbons (Fsp3) is 0.375. The Kier molecular flexibility index (Phi) is 4.00. The van der Waals surface area contributed by atoms with Crippen LogP contribution >= 0.6 is 0 Å². The van der Waals surface area contributed by atoms with Crippen molar-refractivity contribution in [1.82, 2.24) is 15.1 Å². The Labute approximate surface area is 129 Å². The van der Waals surface area contributed by atoms with Crippen LogP contribution < -0.4 is 14.8 Å². The van der Waals surface area contributed by atoms with Gasteiger partial charge >= 0.3 is 0 Å². The highest BCUT2D eigenvalue weighted by Crippen LogP contribution is 2.35. The van der Waals surface area contributed by atoms with Crippen molar-refractivity contribution in [1.29, 1.82) is 0 Å². The molecule has 1 aliphatic rings. The van der Waals surface area contributed by atoms with E-state index >= 15 is 0 Å². The second kappa shape index (κ2) is 6.09. The van der Waals surface area contributed by atoms with Crippen LogP contribution in [0.15, 0.2) is 24.3 Å². The van der Waals surface area contributed by atoms with Crippen LogP contribution in [0.25, 0.3) is 11.3 Å². The number of amides is 1. The van der Waals surface area contributed by atoms with Crippen molar-refractivity contribution in [3.8, 4) is 22.8 Å². The van der Waals surface area contributed by atoms with Gasteiger partial charge in [0.2, 0.25) is 6.79 Å². The maximum atomic E-state index is 12.1. The minimum Gasteiger partial charge on any atom is -0.454 e. The third-order valence-electron chi connectivity index (χ3n) is 3.60. The molecule has 116 valence electrons. The van der Waals surface area contributed by atoms with Crippen molar-refractivity contribution in [2.24, 2.45) is 7.05 Å². The number of hydrogen-bond donors (Lipinski definition) is 1. The summed E-state index contributed by atoms with van der Waals surface area (Å²) in [7, 11) is 1.82. The molecule has 0 unspecified atom stereocenters. The highest BCUT2D eigenvalue weighted by atomic mass is 16.7. The molecule has 0 atom stereocenters. The maximum absolute atomic E-state index is 12.1. The molecular formula is C16H19N3O3. The molecule has 0 saturated heterocycles. The number of aryl methyl sites for hydroxylation is 1. The zero-order valence-electron chi connectivity index (χ0n) is 12.8. The maximum Gasteiger partial charge on any atom is 0.271 e. The summed E-state index contributed by atoms with van der Waals surface area (Å²) in [4.78, 5) is 12.1. The Morgan fingerprint density at radius 3 is 2.95 bits per heavy atom. The normalized spacial score (nSPS) is 12.5. The van der Waals surface area contributed by atoms with Gasteiger partial charge in [0.25, 0.3) is 5.91 Å². The third kappa shape index (κ3) is 2.77. The van der Waals surface area contributed by atoms with Gasteiger partial charge in [-0.05, 0) is 30.7 Å². The number of nitrogens with one attached hydrogen (secondary N) is 1. The minimum absolute atomic E-state index is 0.143. The first-order chi connectivity index (χ1) is 10.7. The summed E-state index contributed by atoms with van der Waals surface area (Å²) >= 11 is 0. The molecule has 3 rings (SSSR count).